The smallest absolute Gasteiger partial charge is 0.331 e. The lowest BCUT2D eigenvalue weighted by Gasteiger charge is -2.34. The number of halogens is 5. The lowest BCUT2D eigenvalue weighted by atomic mass is 9.93. The SMILES string of the molecule is [2H]C1([2H])N(C(=O)N[C@@]2([2H])C(=O)N(CC(F)(F)F)C([2H])([2H])[C@]([2H])(c3cccc(F)c3F)C([2H])([2H])C2([2H])[2H])C([2H])([2H])C([2H])([2H])C([2H])(n2c(=O)[nH]c3ncccc32)C1([2H])[2H]. The average Bonchev–Trinajstić information content (AvgIpc) is 3.40. The lowest BCUT2D eigenvalue weighted by molar-refractivity contribution is -0.162. The van der Waals surface area contributed by atoms with Crippen molar-refractivity contribution in [2.45, 2.75) is 49.6 Å². The minimum absolute atomic E-state index is 0.0509. The van der Waals surface area contributed by atoms with Crippen LogP contribution in [0.3, 0.4) is 0 Å². The Morgan fingerprint density at radius 2 is 1.88 bits per heavy atom. The van der Waals surface area contributed by atoms with Crippen LogP contribution in [0.25, 0.3) is 11.2 Å². The first kappa shape index (κ1) is 13.6. The van der Waals surface area contributed by atoms with Crippen molar-refractivity contribution in [1.29, 1.82) is 0 Å². The van der Waals surface area contributed by atoms with E-state index in [0.717, 1.165) is 23.6 Å². The fourth-order valence-electron chi connectivity index (χ4n) is 3.54. The van der Waals surface area contributed by atoms with E-state index in [-0.39, 0.29) is 10.6 Å². The summed E-state index contributed by atoms with van der Waals surface area (Å²) >= 11 is 0. The minimum Gasteiger partial charge on any atom is -0.331 e. The molecular weight excluding hydrogens is 539 g/mol. The van der Waals surface area contributed by atoms with E-state index >= 15 is 4.39 Å². The van der Waals surface area contributed by atoms with E-state index in [1.807, 2.05) is 4.98 Å². The Hall–Kier alpha value is -3.97. The molecule has 2 aromatic heterocycles. The summed E-state index contributed by atoms with van der Waals surface area (Å²) in [5.41, 5.74) is -4.41. The van der Waals surface area contributed by atoms with Crippen LogP contribution in [0, 0.1) is 11.6 Å². The highest BCUT2D eigenvalue weighted by atomic mass is 19.4. The fraction of sp³-hybridized carbons (Fsp3) is 0.462. The molecular formula is C26H27F5N6O3. The molecule has 2 atom stereocenters. The van der Waals surface area contributed by atoms with Crippen molar-refractivity contribution in [1.82, 2.24) is 29.7 Å². The van der Waals surface area contributed by atoms with E-state index in [0.29, 0.717) is 12.1 Å². The van der Waals surface area contributed by atoms with Gasteiger partial charge >= 0.3 is 17.9 Å². The average molecular weight is 584 g/mol. The molecule has 2 aliphatic heterocycles. The second-order valence-electron chi connectivity index (χ2n) is 7.94. The second kappa shape index (κ2) is 10.9. The quantitative estimate of drug-likeness (QED) is 0.458. The van der Waals surface area contributed by atoms with E-state index in [1.165, 1.54) is 0 Å². The van der Waals surface area contributed by atoms with Crippen molar-refractivity contribution >= 4 is 23.1 Å². The van der Waals surface area contributed by atoms with Gasteiger partial charge in [-0.25, -0.2) is 23.4 Å². The van der Waals surface area contributed by atoms with Gasteiger partial charge in [0.2, 0.25) is 5.91 Å². The fourth-order valence-corrected chi connectivity index (χ4v) is 3.54. The Kier molecular flexibility index (Phi) is 3.70. The van der Waals surface area contributed by atoms with Crippen molar-refractivity contribution < 1.29 is 54.8 Å². The van der Waals surface area contributed by atoms with Crippen LogP contribution in [-0.4, -0.2) is 74.5 Å². The Labute approximate surface area is 248 Å². The van der Waals surface area contributed by atoms with E-state index < -0.39 is 131 Å². The highest BCUT2D eigenvalue weighted by molar-refractivity contribution is 5.87. The summed E-state index contributed by atoms with van der Waals surface area (Å²) in [6, 6.07) is -8.58. The van der Waals surface area contributed by atoms with Gasteiger partial charge in [0, 0.05) is 55.4 Å². The summed E-state index contributed by atoms with van der Waals surface area (Å²) in [4.78, 5) is 44.7. The number of alkyl halides is 3. The van der Waals surface area contributed by atoms with Crippen LogP contribution in [0.4, 0.5) is 26.7 Å². The first-order chi connectivity index (χ1) is 25.4. The van der Waals surface area contributed by atoms with Gasteiger partial charge in [-0.05, 0) is 49.3 Å². The van der Waals surface area contributed by atoms with Crippen LogP contribution in [-0.2, 0) is 4.79 Å². The van der Waals surface area contributed by atoms with Crippen LogP contribution in [0.2, 0.25) is 0 Å². The molecule has 0 spiro atoms. The van der Waals surface area contributed by atoms with Gasteiger partial charge in [0.05, 0.1) is 11.0 Å². The highest BCUT2D eigenvalue weighted by Gasteiger charge is 2.40. The third-order valence-electron chi connectivity index (χ3n) is 5.26. The molecule has 9 nitrogen and oxygen atoms in total. The molecule has 0 aliphatic carbocycles. The molecule has 3 amide bonds. The number of piperidine rings is 1. The van der Waals surface area contributed by atoms with Crippen molar-refractivity contribution in [3.63, 3.8) is 0 Å². The molecule has 2 N–H and O–H groups in total. The number of aromatic nitrogens is 3. The van der Waals surface area contributed by atoms with Crippen LogP contribution in [0.5, 0.6) is 0 Å². The molecule has 4 heterocycles. The van der Waals surface area contributed by atoms with Gasteiger partial charge in [-0.2, -0.15) is 13.2 Å². The molecule has 1 aromatic carbocycles. The number of hydrogen-bond acceptors (Lipinski definition) is 4. The van der Waals surface area contributed by atoms with Gasteiger partial charge in [-0.1, -0.05) is 12.1 Å². The summed E-state index contributed by atoms with van der Waals surface area (Å²) in [5, 5.41) is 0.962. The first-order valence-corrected chi connectivity index (χ1v) is 10.9. The van der Waals surface area contributed by atoms with E-state index in [4.69, 9.17) is 23.3 Å². The molecule has 0 unspecified atom stereocenters. The standard InChI is InChI=1S/C26H27F5N6O3/c27-18-4-1-3-17(21(18)28)15-6-7-19(23(38)36(13-15)14-26(29,30)31)33-24(39)35-11-8-16(9-12-35)37-20-5-2-10-32-22(20)34-25(37)40/h1-5,10,15-16,19H,6-9,11-14H2,(H,33,39)(H,32,34,40)/t15-,19-/m1/s1/i6D2,7D2,8D2,9D2,11D2,12D2,13D2,15D,16D,19D. The number of likely N-dealkylation sites (tertiary alicyclic amines) is 2. The summed E-state index contributed by atoms with van der Waals surface area (Å²) in [7, 11) is 0. The molecule has 3 aromatic rings. The van der Waals surface area contributed by atoms with Gasteiger partial charge in [0.25, 0.3) is 0 Å². The Morgan fingerprint density at radius 3 is 2.60 bits per heavy atom. The van der Waals surface area contributed by atoms with E-state index in [9.17, 15) is 31.9 Å². The highest BCUT2D eigenvalue weighted by Crippen LogP contribution is 2.32. The van der Waals surface area contributed by atoms with E-state index in [1.54, 1.807) is 0 Å². The molecule has 14 heteroatoms. The maximum atomic E-state index is 15.3. The van der Waals surface area contributed by atoms with Crippen LogP contribution in [0.1, 0.15) is 66.3 Å². The number of nitrogens with one attached hydrogen (secondary N) is 2. The predicted octanol–water partition coefficient (Wildman–Crippen LogP) is 3.69. The summed E-state index contributed by atoms with van der Waals surface area (Å²) in [6.45, 7) is -16.6. The van der Waals surface area contributed by atoms with Gasteiger partial charge in [0.1, 0.15) is 12.6 Å². The maximum Gasteiger partial charge on any atom is 0.406 e. The Bertz CT molecular complexity index is 2210. The monoisotopic (exact) mass is 583 g/mol. The number of hydrogen-bond donors (Lipinski definition) is 2. The molecule has 214 valence electrons. The molecule has 40 heavy (non-hydrogen) atoms. The van der Waals surface area contributed by atoms with Crippen molar-refractivity contribution in [3.8, 4) is 0 Å². The Morgan fingerprint density at radius 1 is 1.12 bits per heavy atom. The zero-order valence-corrected chi connectivity index (χ0v) is 19.6. The van der Waals surface area contributed by atoms with Gasteiger partial charge < -0.3 is 15.1 Å². The van der Waals surface area contributed by atoms with Gasteiger partial charge in [-0.3, -0.25) is 14.3 Å². The number of urea groups is 1. The zero-order valence-electron chi connectivity index (χ0n) is 36.6. The molecule has 2 saturated heterocycles. The number of carbonyl (C=O) groups excluding carboxylic acids is 2. The number of pyridine rings is 1. The molecule has 0 bridgehead atoms. The predicted molar refractivity (Wildman–Crippen MR) is 133 cm³/mol. The lowest BCUT2D eigenvalue weighted by Crippen LogP contribution is -2.54. The largest absolute Gasteiger partial charge is 0.406 e. The van der Waals surface area contributed by atoms with Crippen LogP contribution in [0.15, 0.2) is 41.3 Å². The van der Waals surface area contributed by atoms with Crippen molar-refractivity contribution in [2.75, 3.05) is 26.0 Å². The second-order valence-corrected chi connectivity index (χ2v) is 7.94. The maximum absolute atomic E-state index is 15.3. The number of rotatable bonds is 4. The van der Waals surface area contributed by atoms with Gasteiger partial charge in [-0.15, -0.1) is 0 Å². The third kappa shape index (κ3) is 5.65. The minimum atomic E-state index is -5.79. The summed E-state index contributed by atoms with van der Waals surface area (Å²) < 4.78 is 219. The number of benzene rings is 1. The van der Waals surface area contributed by atoms with E-state index in [2.05, 4.69) is 4.98 Å². The van der Waals surface area contributed by atoms with Crippen LogP contribution >= 0.6 is 0 Å². The van der Waals surface area contributed by atoms with Gasteiger partial charge in [0.15, 0.2) is 17.3 Å². The number of aromatic amines is 1. The number of imidazole rings is 1. The summed E-state index contributed by atoms with van der Waals surface area (Å²) in [6.07, 6.45) is -23.1. The normalized spacial score (nSPS) is 40.6. The van der Waals surface area contributed by atoms with Crippen LogP contribution < -0.4 is 11.0 Å². The van der Waals surface area contributed by atoms with Crippen molar-refractivity contribution in [2.24, 2.45) is 0 Å². The number of amides is 3. The number of carbonyl (C=O) groups is 2. The first-order valence-electron chi connectivity index (χ1n) is 19.4. The molecule has 0 saturated carbocycles. The molecule has 2 aliphatic rings. The number of fused-ring (bicyclic) bond motifs is 1. The third-order valence-corrected chi connectivity index (χ3v) is 5.26. The Balaban J connectivity index is 1.77. The topological polar surface area (TPSA) is 103 Å². The molecule has 5 rings (SSSR count). The molecule has 2 fully saturated rings. The number of nitrogens with zero attached hydrogens (tertiary/aromatic N) is 4. The zero-order chi connectivity index (χ0) is 43.9. The summed E-state index contributed by atoms with van der Waals surface area (Å²) in [5.74, 6) is -11.8. The van der Waals surface area contributed by atoms with Crippen molar-refractivity contribution in [3.05, 3.63) is 64.2 Å². The molecule has 0 radical (unpaired) electrons. The number of H-pyrrole nitrogens is 1.